The van der Waals surface area contributed by atoms with Gasteiger partial charge in [0.25, 0.3) is 6.04 Å². The van der Waals surface area contributed by atoms with Crippen molar-refractivity contribution in [3.8, 4) is 0 Å². The van der Waals surface area contributed by atoms with Crippen molar-refractivity contribution in [3.05, 3.63) is 45.6 Å². The molecule has 4 N–H and O–H groups in total. The molecule has 2 rings (SSSR count). The van der Waals surface area contributed by atoms with E-state index in [1.165, 1.54) is 7.05 Å². The molecule has 2 bridgehead atoms. The van der Waals surface area contributed by atoms with Crippen molar-refractivity contribution >= 4 is 5.96 Å². The fourth-order valence-electron chi connectivity index (χ4n) is 1.30. The third kappa shape index (κ3) is 2.45. The summed E-state index contributed by atoms with van der Waals surface area (Å²) in [6.45, 7) is 0. The van der Waals surface area contributed by atoms with Crippen LogP contribution in [0, 0.1) is 15.5 Å². The molecule has 0 saturated heterocycles. The average Bonchev–Trinajstić information content (AvgIpc) is 2.76. The van der Waals surface area contributed by atoms with Gasteiger partial charge in [0.2, 0.25) is 5.96 Å². The smallest absolute Gasteiger partial charge is 0.263 e. The standard InChI is InChI=1S/C7H5NO2.C2H7N3O/c9-8(10)7-5-1-2-6(7)4-3-5;1-5(6)2(3)4/h1-4,7H;6H,1H3,(H3,3,4). The first kappa shape index (κ1) is 11.9. The topological polar surface area (TPSA) is 116 Å². The SMILES string of the molecule is CN(O)C(=N)N.O=[N+]([O-])C1C2=CC=C1C=C2. The Labute approximate surface area is 91.8 Å². The van der Waals surface area contributed by atoms with Gasteiger partial charge < -0.3 is 5.73 Å². The van der Waals surface area contributed by atoms with Crippen LogP contribution < -0.4 is 5.73 Å². The fraction of sp³-hybridized carbons (Fsp3) is 0.222. The van der Waals surface area contributed by atoms with Gasteiger partial charge in [-0.05, 0) is 0 Å². The molecule has 0 aliphatic heterocycles. The summed E-state index contributed by atoms with van der Waals surface area (Å²) < 4.78 is 0. The van der Waals surface area contributed by atoms with Crippen molar-refractivity contribution in [2.24, 2.45) is 5.73 Å². The number of allylic oxidation sites excluding steroid dienone is 2. The van der Waals surface area contributed by atoms with Crippen LogP contribution in [0.25, 0.3) is 0 Å². The number of fused-ring (bicyclic) bond motifs is 2. The van der Waals surface area contributed by atoms with E-state index in [-0.39, 0.29) is 10.9 Å². The molecule has 0 spiro atoms. The number of nitro groups is 1. The summed E-state index contributed by atoms with van der Waals surface area (Å²) in [4.78, 5) is 10.1. The molecule has 0 amide bonds. The zero-order valence-electron chi connectivity index (χ0n) is 8.62. The Hall–Kier alpha value is -2.15. The first-order chi connectivity index (χ1) is 7.43. The lowest BCUT2D eigenvalue weighted by Gasteiger charge is -2.03. The van der Waals surface area contributed by atoms with Crippen molar-refractivity contribution in [3.63, 3.8) is 0 Å². The molecule has 86 valence electrons. The summed E-state index contributed by atoms with van der Waals surface area (Å²) in [5.74, 6) is -0.352. The van der Waals surface area contributed by atoms with Gasteiger partial charge in [-0.15, -0.1) is 0 Å². The molecule has 7 nitrogen and oxygen atoms in total. The quantitative estimate of drug-likeness (QED) is 0.256. The third-order valence-electron chi connectivity index (χ3n) is 2.13. The predicted octanol–water partition coefficient (Wildman–Crippen LogP) is 0.269. The lowest BCUT2D eigenvalue weighted by molar-refractivity contribution is -0.499. The van der Waals surface area contributed by atoms with Crippen molar-refractivity contribution in [1.82, 2.24) is 5.06 Å². The van der Waals surface area contributed by atoms with Crippen LogP contribution >= 0.6 is 0 Å². The molecular weight excluding hydrogens is 212 g/mol. The summed E-state index contributed by atoms with van der Waals surface area (Å²) in [7, 11) is 1.28. The van der Waals surface area contributed by atoms with Crippen LogP contribution in [-0.2, 0) is 0 Å². The molecule has 16 heavy (non-hydrogen) atoms. The Balaban J connectivity index is 0.000000187. The molecule has 7 heteroatoms. The van der Waals surface area contributed by atoms with Gasteiger partial charge in [0.05, 0.1) is 0 Å². The first-order valence-corrected chi connectivity index (χ1v) is 4.43. The molecule has 2 aliphatic carbocycles. The van der Waals surface area contributed by atoms with Crippen LogP contribution in [0.5, 0.6) is 0 Å². The van der Waals surface area contributed by atoms with Crippen LogP contribution in [0.15, 0.2) is 35.5 Å². The highest BCUT2D eigenvalue weighted by molar-refractivity contribution is 5.72. The summed E-state index contributed by atoms with van der Waals surface area (Å²) in [5.41, 5.74) is 6.31. The second kappa shape index (κ2) is 4.58. The van der Waals surface area contributed by atoms with Gasteiger partial charge >= 0.3 is 0 Å². The summed E-state index contributed by atoms with van der Waals surface area (Å²) in [6, 6.07) is -0.556. The zero-order chi connectivity index (χ0) is 12.3. The van der Waals surface area contributed by atoms with Crippen LogP contribution in [0.1, 0.15) is 0 Å². The number of nitrogens with one attached hydrogen (secondary N) is 1. The number of nitrogens with zero attached hydrogens (tertiary/aromatic N) is 2. The fourth-order valence-corrected chi connectivity index (χ4v) is 1.30. The molecule has 0 aromatic carbocycles. The lowest BCUT2D eigenvalue weighted by Crippen LogP contribution is -2.29. The van der Waals surface area contributed by atoms with Gasteiger partial charge in [0.15, 0.2) is 0 Å². The van der Waals surface area contributed by atoms with Gasteiger partial charge in [-0.1, -0.05) is 24.3 Å². The monoisotopic (exact) mass is 224 g/mol. The van der Waals surface area contributed by atoms with E-state index in [4.69, 9.17) is 16.4 Å². The highest BCUT2D eigenvalue weighted by atomic mass is 16.6. The van der Waals surface area contributed by atoms with Crippen LogP contribution in [0.4, 0.5) is 0 Å². The highest BCUT2D eigenvalue weighted by Gasteiger charge is 2.34. The molecule has 0 aromatic heterocycles. The average molecular weight is 224 g/mol. The zero-order valence-corrected chi connectivity index (χ0v) is 8.62. The Kier molecular flexibility index (Phi) is 3.41. The lowest BCUT2D eigenvalue weighted by atomic mass is 10.2. The van der Waals surface area contributed by atoms with Crippen molar-refractivity contribution in [2.75, 3.05) is 7.05 Å². The first-order valence-electron chi connectivity index (χ1n) is 4.43. The largest absolute Gasteiger partial charge is 0.368 e. The molecular formula is C9H12N4O3. The molecule has 0 heterocycles. The summed E-state index contributed by atoms with van der Waals surface area (Å²) in [5, 5.41) is 25.4. The van der Waals surface area contributed by atoms with E-state index in [0.717, 1.165) is 11.1 Å². The van der Waals surface area contributed by atoms with Crippen molar-refractivity contribution in [2.45, 2.75) is 6.04 Å². The predicted molar refractivity (Wildman–Crippen MR) is 57.6 cm³/mol. The van der Waals surface area contributed by atoms with Crippen molar-refractivity contribution in [1.29, 1.82) is 5.41 Å². The molecule has 2 aliphatic rings. The minimum absolute atomic E-state index is 0.259. The Morgan fingerprint density at radius 1 is 1.56 bits per heavy atom. The van der Waals surface area contributed by atoms with Gasteiger partial charge in [0.1, 0.15) is 0 Å². The minimum atomic E-state index is -0.556. The van der Waals surface area contributed by atoms with Crippen LogP contribution in [0.3, 0.4) is 0 Å². The van der Waals surface area contributed by atoms with E-state index in [1.54, 1.807) is 24.3 Å². The third-order valence-corrected chi connectivity index (χ3v) is 2.13. The normalized spacial score (nSPS) is 16.1. The number of hydroxylamine groups is 2. The maximum absolute atomic E-state index is 10.3. The highest BCUT2D eigenvalue weighted by Crippen LogP contribution is 2.30. The van der Waals surface area contributed by atoms with E-state index in [2.05, 4.69) is 0 Å². The van der Waals surface area contributed by atoms with E-state index >= 15 is 0 Å². The molecule has 0 atom stereocenters. The minimum Gasteiger partial charge on any atom is -0.368 e. The number of hydrogen-bond acceptors (Lipinski definition) is 4. The second-order valence-electron chi connectivity index (χ2n) is 3.26. The van der Waals surface area contributed by atoms with E-state index in [9.17, 15) is 10.1 Å². The maximum atomic E-state index is 10.3. The van der Waals surface area contributed by atoms with Gasteiger partial charge in [-0.3, -0.25) is 20.7 Å². The molecule has 0 fully saturated rings. The second-order valence-corrected chi connectivity index (χ2v) is 3.26. The van der Waals surface area contributed by atoms with E-state index in [0.29, 0.717) is 5.06 Å². The summed E-state index contributed by atoms with van der Waals surface area (Å²) in [6.07, 6.45) is 7.18. The van der Waals surface area contributed by atoms with E-state index in [1.807, 2.05) is 0 Å². The molecule has 0 unspecified atom stereocenters. The van der Waals surface area contributed by atoms with Gasteiger partial charge in [-0.25, -0.2) is 5.06 Å². The maximum Gasteiger partial charge on any atom is 0.263 e. The Bertz CT molecular complexity index is 387. The van der Waals surface area contributed by atoms with Crippen molar-refractivity contribution < 1.29 is 10.1 Å². The Morgan fingerprint density at radius 2 is 1.94 bits per heavy atom. The number of guanidine groups is 1. The summed E-state index contributed by atoms with van der Waals surface area (Å²) >= 11 is 0. The molecule has 0 saturated carbocycles. The Morgan fingerprint density at radius 3 is 2.06 bits per heavy atom. The number of nitrogens with two attached hydrogens (primary N) is 1. The molecule has 0 aromatic rings. The number of hydrogen-bond donors (Lipinski definition) is 3. The van der Waals surface area contributed by atoms with Gasteiger partial charge in [0, 0.05) is 23.1 Å². The number of rotatable bonds is 1. The van der Waals surface area contributed by atoms with Crippen LogP contribution in [0.2, 0.25) is 0 Å². The van der Waals surface area contributed by atoms with Crippen LogP contribution in [-0.4, -0.2) is 34.2 Å². The van der Waals surface area contributed by atoms with Gasteiger partial charge in [-0.2, -0.15) is 0 Å². The molecule has 0 radical (unpaired) electrons. The van der Waals surface area contributed by atoms with E-state index < -0.39 is 6.04 Å².